The number of imidazole rings is 1. The summed E-state index contributed by atoms with van der Waals surface area (Å²) in [4.78, 5) is 21.3. The van der Waals surface area contributed by atoms with Crippen molar-refractivity contribution in [2.24, 2.45) is 0 Å². The van der Waals surface area contributed by atoms with Gasteiger partial charge >= 0.3 is 5.97 Å². The van der Waals surface area contributed by atoms with Crippen LogP contribution in [0, 0.1) is 0 Å². The molecule has 4 aromatic rings. The zero-order valence-electron chi connectivity index (χ0n) is 13.9. The lowest BCUT2D eigenvalue weighted by atomic mass is 10.1. The van der Waals surface area contributed by atoms with Crippen molar-refractivity contribution in [1.29, 1.82) is 0 Å². The number of aromatic carboxylic acids is 1. The molecule has 0 spiro atoms. The lowest BCUT2D eigenvalue weighted by molar-refractivity contribution is 0.0699. The molecule has 0 saturated carbocycles. The highest BCUT2D eigenvalue weighted by Gasteiger charge is 2.16. The smallest absolute Gasteiger partial charge is 0.336 e. The topological polar surface area (TPSA) is 85.3 Å². The molecule has 4 heterocycles. The van der Waals surface area contributed by atoms with E-state index in [2.05, 4.69) is 15.1 Å². The van der Waals surface area contributed by atoms with Crippen LogP contribution in [0.15, 0.2) is 23.8 Å². The van der Waals surface area contributed by atoms with E-state index in [0.717, 1.165) is 10.7 Å². The second kappa shape index (κ2) is 6.22. The quantitative estimate of drug-likeness (QED) is 0.566. The Hall–Kier alpha value is -2.71. The van der Waals surface area contributed by atoms with Crippen molar-refractivity contribution >= 4 is 57.1 Å². The molecule has 0 radical (unpaired) electrons. The molecule has 0 aliphatic carbocycles. The summed E-state index contributed by atoms with van der Waals surface area (Å²) in [5.41, 5.74) is 1.94. The number of carbonyl (C=O) groups is 1. The molecule has 0 bridgehead atoms. The number of thiazole rings is 1. The highest BCUT2D eigenvalue weighted by atomic mass is 35.5. The first kappa shape index (κ1) is 16.7. The maximum atomic E-state index is 11.7. The van der Waals surface area contributed by atoms with E-state index < -0.39 is 5.97 Å². The van der Waals surface area contributed by atoms with Crippen LogP contribution < -0.4 is 0 Å². The van der Waals surface area contributed by atoms with Gasteiger partial charge in [0, 0.05) is 17.6 Å². The van der Waals surface area contributed by atoms with E-state index in [1.54, 1.807) is 23.0 Å². The van der Waals surface area contributed by atoms with Gasteiger partial charge in [-0.3, -0.25) is 4.40 Å². The minimum atomic E-state index is -1.02. The van der Waals surface area contributed by atoms with E-state index in [9.17, 15) is 9.90 Å². The molecule has 7 nitrogen and oxygen atoms in total. The standard InChI is InChI=1S/C17H14ClN5O2S/c1-9(2)23-15-12(8-19-23)11(16(24)25)7-10(20-15)3-4-13-14(18)21-17-22(13)5-6-26-17/h3-9H,1-2H3,(H,24,25). The summed E-state index contributed by atoms with van der Waals surface area (Å²) in [6.07, 6.45) is 6.94. The number of pyridine rings is 1. The third-order valence-corrected chi connectivity index (χ3v) is 5.01. The van der Waals surface area contributed by atoms with E-state index >= 15 is 0 Å². The minimum Gasteiger partial charge on any atom is -0.478 e. The zero-order chi connectivity index (χ0) is 18.4. The van der Waals surface area contributed by atoms with Gasteiger partial charge in [0.2, 0.25) is 0 Å². The first-order valence-corrected chi connectivity index (χ1v) is 9.12. The van der Waals surface area contributed by atoms with Crippen molar-refractivity contribution in [2.75, 3.05) is 0 Å². The number of nitrogens with zero attached hydrogens (tertiary/aromatic N) is 5. The summed E-state index contributed by atoms with van der Waals surface area (Å²) < 4.78 is 3.58. The van der Waals surface area contributed by atoms with E-state index in [4.69, 9.17) is 11.6 Å². The summed E-state index contributed by atoms with van der Waals surface area (Å²) >= 11 is 7.68. The number of halogens is 1. The number of rotatable bonds is 4. The molecule has 0 aliphatic heterocycles. The van der Waals surface area contributed by atoms with E-state index in [0.29, 0.717) is 21.9 Å². The van der Waals surface area contributed by atoms with Crippen molar-refractivity contribution in [2.45, 2.75) is 19.9 Å². The van der Waals surface area contributed by atoms with Crippen molar-refractivity contribution in [3.8, 4) is 0 Å². The molecule has 132 valence electrons. The maximum absolute atomic E-state index is 11.7. The van der Waals surface area contributed by atoms with Gasteiger partial charge in [0.1, 0.15) is 0 Å². The van der Waals surface area contributed by atoms with Crippen molar-refractivity contribution in [3.63, 3.8) is 0 Å². The van der Waals surface area contributed by atoms with Gasteiger partial charge in [-0.2, -0.15) is 5.10 Å². The summed E-state index contributed by atoms with van der Waals surface area (Å²) in [5, 5.41) is 16.6. The fraction of sp³-hybridized carbons (Fsp3) is 0.176. The number of carboxylic acids is 1. The Balaban J connectivity index is 1.85. The van der Waals surface area contributed by atoms with Crippen molar-refractivity contribution in [1.82, 2.24) is 24.1 Å². The fourth-order valence-electron chi connectivity index (χ4n) is 2.77. The number of carboxylic acid groups (broad SMARTS) is 1. The molecule has 0 aromatic carbocycles. The molecular weight excluding hydrogens is 374 g/mol. The van der Waals surface area contributed by atoms with Gasteiger partial charge < -0.3 is 5.11 Å². The summed E-state index contributed by atoms with van der Waals surface area (Å²) in [5.74, 6) is -1.02. The molecule has 0 atom stereocenters. The number of aromatic nitrogens is 5. The molecule has 0 saturated heterocycles. The number of hydrogen-bond acceptors (Lipinski definition) is 5. The van der Waals surface area contributed by atoms with E-state index in [1.165, 1.54) is 17.4 Å². The summed E-state index contributed by atoms with van der Waals surface area (Å²) in [6.45, 7) is 3.94. The Kier molecular flexibility index (Phi) is 4.01. The lowest BCUT2D eigenvalue weighted by Crippen LogP contribution is -2.05. The Morgan fingerprint density at radius 1 is 1.35 bits per heavy atom. The molecule has 4 aromatic heterocycles. The third-order valence-electron chi connectivity index (χ3n) is 3.97. The van der Waals surface area contributed by atoms with Crippen LogP contribution >= 0.6 is 22.9 Å². The monoisotopic (exact) mass is 387 g/mol. The van der Waals surface area contributed by atoms with Gasteiger partial charge in [-0.05, 0) is 32.1 Å². The van der Waals surface area contributed by atoms with Gasteiger partial charge in [0.05, 0.1) is 28.5 Å². The molecular formula is C17H14ClN5O2S. The van der Waals surface area contributed by atoms with Crippen LogP contribution in [-0.4, -0.2) is 35.2 Å². The molecule has 0 unspecified atom stereocenters. The van der Waals surface area contributed by atoms with Gasteiger partial charge in [-0.25, -0.2) is 19.4 Å². The average Bonchev–Trinajstić information content (AvgIpc) is 3.26. The molecule has 0 amide bonds. The lowest BCUT2D eigenvalue weighted by Gasteiger charge is -2.07. The molecule has 4 rings (SSSR count). The molecule has 0 aliphatic rings. The van der Waals surface area contributed by atoms with E-state index in [1.807, 2.05) is 29.8 Å². The predicted octanol–water partition coefficient (Wildman–Crippen LogP) is 4.24. The van der Waals surface area contributed by atoms with Crippen LogP contribution in [0.3, 0.4) is 0 Å². The van der Waals surface area contributed by atoms with Gasteiger partial charge in [-0.15, -0.1) is 11.3 Å². The predicted molar refractivity (Wildman–Crippen MR) is 102 cm³/mol. The van der Waals surface area contributed by atoms with Crippen LogP contribution in [0.2, 0.25) is 5.15 Å². The second-order valence-corrected chi connectivity index (χ2v) is 7.23. The normalized spacial score (nSPS) is 12.2. The van der Waals surface area contributed by atoms with Crippen LogP contribution in [0.5, 0.6) is 0 Å². The minimum absolute atomic E-state index is 0.0654. The Labute approximate surface area is 157 Å². The molecule has 0 fully saturated rings. The SMILES string of the molecule is CC(C)n1ncc2c(C(=O)O)cc(C=Cc3c(Cl)nc4sccn34)nc21. The van der Waals surface area contributed by atoms with E-state index in [-0.39, 0.29) is 11.6 Å². The highest BCUT2D eigenvalue weighted by molar-refractivity contribution is 7.15. The third kappa shape index (κ3) is 2.67. The molecule has 1 N–H and O–H groups in total. The molecule has 9 heteroatoms. The summed E-state index contributed by atoms with van der Waals surface area (Å²) in [6, 6.07) is 1.60. The van der Waals surface area contributed by atoms with Crippen LogP contribution in [0.25, 0.3) is 28.1 Å². The average molecular weight is 388 g/mol. The van der Waals surface area contributed by atoms with Crippen molar-refractivity contribution < 1.29 is 9.90 Å². The number of hydrogen-bond donors (Lipinski definition) is 1. The molecule has 26 heavy (non-hydrogen) atoms. The van der Waals surface area contributed by atoms with Crippen molar-refractivity contribution in [3.05, 3.63) is 45.9 Å². The highest BCUT2D eigenvalue weighted by Crippen LogP contribution is 2.25. The van der Waals surface area contributed by atoms with Crippen LogP contribution in [0.4, 0.5) is 0 Å². The Morgan fingerprint density at radius 2 is 2.15 bits per heavy atom. The van der Waals surface area contributed by atoms with Crippen LogP contribution in [-0.2, 0) is 0 Å². The van der Waals surface area contributed by atoms with Crippen LogP contribution in [0.1, 0.15) is 41.6 Å². The first-order chi connectivity index (χ1) is 12.5. The Bertz CT molecular complexity index is 1170. The largest absolute Gasteiger partial charge is 0.478 e. The number of fused-ring (bicyclic) bond motifs is 2. The maximum Gasteiger partial charge on any atom is 0.336 e. The second-order valence-electron chi connectivity index (χ2n) is 6.00. The summed E-state index contributed by atoms with van der Waals surface area (Å²) in [7, 11) is 0. The van der Waals surface area contributed by atoms with Gasteiger partial charge in [0.15, 0.2) is 15.8 Å². The van der Waals surface area contributed by atoms with Gasteiger partial charge in [-0.1, -0.05) is 11.6 Å². The fourth-order valence-corrected chi connectivity index (χ4v) is 3.77. The zero-order valence-corrected chi connectivity index (χ0v) is 15.5. The van der Waals surface area contributed by atoms with Gasteiger partial charge in [0.25, 0.3) is 0 Å². The first-order valence-electron chi connectivity index (χ1n) is 7.86. The Morgan fingerprint density at radius 3 is 2.88 bits per heavy atom.